The minimum absolute atomic E-state index is 0.237. The second kappa shape index (κ2) is 7.19. The average molecular weight is 404 g/mol. The zero-order chi connectivity index (χ0) is 18.0. The number of carbonyl (C=O) groups excluding carboxylic acids is 1. The van der Waals surface area contributed by atoms with E-state index in [-0.39, 0.29) is 12.2 Å². The quantitative estimate of drug-likeness (QED) is 0.555. The van der Waals surface area contributed by atoms with Crippen LogP contribution in [0, 0.1) is 12.7 Å². The fraction of sp³-hybridized carbons (Fsp3) is 0.158. The molecule has 0 fully saturated rings. The zero-order valence-corrected chi connectivity index (χ0v) is 15.3. The van der Waals surface area contributed by atoms with Gasteiger partial charge in [0.05, 0.1) is 12.8 Å². The van der Waals surface area contributed by atoms with Gasteiger partial charge in [-0.2, -0.15) is 0 Å². The lowest BCUT2D eigenvalue weighted by molar-refractivity contribution is -0.134. The highest BCUT2D eigenvalue weighted by atomic mass is 79.9. The SMILES string of the molecule is COC(=O)/C=C/c1cc2c(cc1F)N=C(c1cc(Br)ccc1C)CO2. The Bertz CT molecular complexity index is 906. The average Bonchev–Trinajstić information content (AvgIpc) is 2.61. The summed E-state index contributed by atoms with van der Waals surface area (Å²) in [5, 5.41) is 0. The fourth-order valence-corrected chi connectivity index (χ4v) is 2.84. The molecule has 1 aliphatic heterocycles. The van der Waals surface area contributed by atoms with Crippen LogP contribution >= 0.6 is 15.9 Å². The molecule has 2 aromatic rings. The van der Waals surface area contributed by atoms with Gasteiger partial charge >= 0.3 is 5.97 Å². The number of nitrogens with zero attached hydrogens (tertiary/aromatic N) is 1. The molecule has 1 heterocycles. The number of esters is 1. The second-order valence-electron chi connectivity index (χ2n) is 5.50. The molecule has 0 atom stereocenters. The van der Waals surface area contributed by atoms with Gasteiger partial charge in [0.15, 0.2) is 0 Å². The van der Waals surface area contributed by atoms with Gasteiger partial charge in [0.2, 0.25) is 0 Å². The minimum atomic E-state index is -0.552. The summed E-state index contributed by atoms with van der Waals surface area (Å²) in [7, 11) is 1.26. The number of methoxy groups -OCH3 is 1. The topological polar surface area (TPSA) is 47.9 Å². The summed E-state index contributed by atoms with van der Waals surface area (Å²) in [4.78, 5) is 15.7. The molecule has 0 spiro atoms. The van der Waals surface area contributed by atoms with Gasteiger partial charge in [-0.25, -0.2) is 14.2 Å². The molecule has 0 bridgehead atoms. The van der Waals surface area contributed by atoms with Crippen molar-refractivity contribution >= 4 is 39.4 Å². The minimum Gasteiger partial charge on any atom is -0.485 e. The number of rotatable bonds is 3. The van der Waals surface area contributed by atoms with Crippen LogP contribution in [0.25, 0.3) is 6.08 Å². The third-order valence-corrected chi connectivity index (χ3v) is 4.30. The van der Waals surface area contributed by atoms with Crippen molar-refractivity contribution in [1.29, 1.82) is 0 Å². The van der Waals surface area contributed by atoms with Crippen molar-refractivity contribution in [3.8, 4) is 5.75 Å². The van der Waals surface area contributed by atoms with Crippen LogP contribution in [0.4, 0.5) is 10.1 Å². The van der Waals surface area contributed by atoms with Crippen LogP contribution < -0.4 is 4.74 Å². The lowest BCUT2D eigenvalue weighted by Gasteiger charge is -2.19. The molecule has 128 valence electrons. The van der Waals surface area contributed by atoms with E-state index in [0.29, 0.717) is 11.4 Å². The van der Waals surface area contributed by atoms with Crippen molar-refractivity contribution in [2.24, 2.45) is 4.99 Å². The molecule has 2 aromatic carbocycles. The molecule has 0 saturated heterocycles. The largest absolute Gasteiger partial charge is 0.485 e. The van der Waals surface area contributed by atoms with Crippen LogP contribution in [0.3, 0.4) is 0 Å². The Morgan fingerprint density at radius 1 is 1.36 bits per heavy atom. The lowest BCUT2D eigenvalue weighted by atomic mass is 10.0. The van der Waals surface area contributed by atoms with Gasteiger partial charge in [0.25, 0.3) is 0 Å². The number of fused-ring (bicyclic) bond motifs is 1. The van der Waals surface area contributed by atoms with Crippen LogP contribution in [0.15, 0.2) is 45.9 Å². The first kappa shape index (κ1) is 17.4. The van der Waals surface area contributed by atoms with Gasteiger partial charge in [0, 0.05) is 27.7 Å². The third kappa shape index (κ3) is 3.79. The lowest BCUT2D eigenvalue weighted by Crippen LogP contribution is -2.17. The van der Waals surface area contributed by atoms with E-state index in [9.17, 15) is 9.18 Å². The molecule has 0 aliphatic carbocycles. The van der Waals surface area contributed by atoms with E-state index < -0.39 is 11.8 Å². The van der Waals surface area contributed by atoms with E-state index in [4.69, 9.17) is 4.74 Å². The van der Waals surface area contributed by atoms with E-state index in [2.05, 4.69) is 25.7 Å². The summed E-state index contributed by atoms with van der Waals surface area (Å²) in [6, 6.07) is 8.73. The van der Waals surface area contributed by atoms with Gasteiger partial charge in [0.1, 0.15) is 23.9 Å². The van der Waals surface area contributed by atoms with Crippen LogP contribution in [-0.4, -0.2) is 25.4 Å². The van der Waals surface area contributed by atoms with Crippen molar-refractivity contribution in [2.75, 3.05) is 13.7 Å². The van der Waals surface area contributed by atoms with Crippen LogP contribution in [0.1, 0.15) is 16.7 Å². The van der Waals surface area contributed by atoms with E-state index >= 15 is 0 Å². The van der Waals surface area contributed by atoms with Gasteiger partial charge < -0.3 is 9.47 Å². The summed E-state index contributed by atoms with van der Waals surface area (Å²) < 4.78 is 25.5. The molecule has 0 N–H and O–H groups in total. The molecule has 6 heteroatoms. The van der Waals surface area contributed by atoms with E-state index in [1.165, 1.54) is 25.3 Å². The molecular formula is C19H15BrFNO3. The summed E-state index contributed by atoms with van der Waals surface area (Å²) in [6.45, 7) is 2.27. The summed E-state index contributed by atoms with van der Waals surface area (Å²) in [5.41, 5.74) is 3.42. The first-order valence-electron chi connectivity index (χ1n) is 7.54. The number of aryl methyl sites for hydroxylation is 1. The van der Waals surface area contributed by atoms with Crippen LogP contribution in [-0.2, 0) is 9.53 Å². The second-order valence-corrected chi connectivity index (χ2v) is 6.42. The normalized spacial score (nSPS) is 13.2. The van der Waals surface area contributed by atoms with Crippen molar-refractivity contribution < 1.29 is 18.7 Å². The predicted molar refractivity (Wildman–Crippen MR) is 98.0 cm³/mol. The molecule has 0 unspecified atom stereocenters. The predicted octanol–water partition coefficient (Wildman–Crippen LogP) is 4.60. The maximum atomic E-state index is 14.3. The monoisotopic (exact) mass is 403 g/mol. The number of carbonyl (C=O) groups is 1. The highest BCUT2D eigenvalue weighted by Crippen LogP contribution is 2.35. The molecule has 0 saturated carbocycles. The van der Waals surface area contributed by atoms with Crippen molar-refractivity contribution in [2.45, 2.75) is 6.92 Å². The molecule has 0 aromatic heterocycles. The van der Waals surface area contributed by atoms with Crippen molar-refractivity contribution in [1.82, 2.24) is 0 Å². The summed E-state index contributed by atoms with van der Waals surface area (Å²) in [6.07, 6.45) is 2.51. The first-order chi connectivity index (χ1) is 12.0. The molecule has 4 nitrogen and oxygen atoms in total. The molecule has 3 rings (SSSR count). The van der Waals surface area contributed by atoms with Crippen molar-refractivity contribution in [3.63, 3.8) is 0 Å². The van der Waals surface area contributed by atoms with Crippen LogP contribution in [0.5, 0.6) is 5.75 Å². The number of hydrogen-bond donors (Lipinski definition) is 0. The maximum Gasteiger partial charge on any atom is 0.330 e. The fourth-order valence-electron chi connectivity index (χ4n) is 2.48. The highest BCUT2D eigenvalue weighted by molar-refractivity contribution is 9.10. The Balaban J connectivity index is 1.98. The number of aliphatic imine (C=N–C) groups is 1. The van der Waals surface area contributed by atoms with Gasteiger partial charge in [-0.05, 0) is 36.8 Å². The maximum absolute atomic E-state index is 14.3. The van der Waals surface area contributed by atoms with Gasteiger partial charge in [-0.3, -0.25) is 0 Å². The molecule has 0 amide bonds. The van der Waals surface area contributed by atoms with E-state index in [1.807, 2.05) is 25.1 Å². The molecule has 0 radical (unpaired) electrons. The van der Waals surface area contributed by atoms with Gasteiger partial charge in [-0.15, -0.1) is 0 Å². The summed E-state index contributed by atoms with van der Waals surface area (Å²) >= 11 is 3.45. The van der Waals surface area contributed by atoms with Crippen LogP contribution in [0.2, 0.25) is 0 Å². The Morgan fingerprint density at radius 2 is 2.16 bits per heavy atom. The molecule has 1 aliphatic rings. The highest BCUT2D eigenvalue weighted by Gasteiger charge is 2.18. The number of benzene rings is 2. The Morgan fingerprint density at radius 3 is 2.92 bits per heavy atom. The Kier molecular flexibility index (Phi) is 4.99. The molecule has 25 heavy (non-hydrogen) atoms. The van der Waals surface area contributed by atoms with E-state index in [0.717, 1.165) is 27.4 Å². The van der Waals surface area contributed by atoms with Gasteiger partial charge in [-0.1, -0.05) is 22.0 Å². The first-order valence-corrected chi connectivity index (χ1v) is 8.33. The Hall–Kier alpha value is -2.47. The standard InChI is InChI=1S/C19H15BrFNO3/c1-11-3-5-13(20)8-14(11)17-10-25-18-7-12(4-6-19(23)24-2)15(21)9-16(18)22-17/h3-9H,10H2,1-2H3/b6-4+. The van der Waals surface area contributed by atoms with Crippen molar-refractivity contribution in [3.05, 3.63) is 63.4 Å². The zero-order valence-electron chi connectivity index (χ0n) is 13.7. The number of ether oxygens (including phenoxy) is 2. The Labute approximate surface area is 153 Å². The number of hydrogen-bond acceptors (Lipinski definition) is 4. The number of halogens is 2. The smallest absolute Gasteiger partial charge is 0.330 e. The summed E-state index contributed by atoms with van der Waals surface area (Å²) in [5.74, 6) is -0.566. The molecular weight excluding hydrogens is 389 g/mol. The van der Waals surface area contributed by atoms with E-state index in [1.54, 1.807) is 0 Å². The third-order valence-electron chi connectivity index (χ3n) is 3.81.